The number of fused-ring (bicyclic) bond motifs is 1. The Morgan fingerprint density at radius 1 is 1.19 bits per heavy atom. The van der Waals surface area contributed by atoms with Gasteiger partial charge >= 0.3 is 5.97 Å². The van der Waals surface area contributed by atoms with Gasteiger partial charge in [0.1, 0.15) is 0 Å². The highest BCUT2D eigenvalue weighted by Crippen LogP contribution is 2.33. The van der Waals surface area contributed by atoms with Crippen LogP contribution in [0.2, 0.25) is 0 Å². The molecule has 6 heteroatoms. The van der Waals surface area contributed by atoms with Gasteiger partial charge in [0.15, 0.2) is 0 Å². The first-order valence-corrected chi connectivity index (χ1v) is 11.2. The number of benzene rings is 2. The predicted octanol–water partition coefficient (Wildman–Crippen LogP) is 4.61. The summed E-state index contributed by atoms with van der Waals surface area (Å²) in [6.07, 6.45) is 5.63. The average Bonchev–Trinajstić information content (AvgIpc) is 3.48. The van der Waals surface area contributed by atoms with E-state index < -0.39 is 5.97 Å². The number of pyridine rings is 1. The van der Waals surface area contributed by atoms with E-state index >= 15 is 0 Å². The van der Waals surface area contributed by atoms with Gasteiger partial charge in [0.25, 0.3) is 0 Å². The van der Waals surface area contributed by atoms with Crippen LogP contribution in [-0.4, -0.2) is 35.7 Å². The zero-order valence-electron chi connectivity index (χ0n) is 18.3. The largest absolute Gasteiger partial charge is 0.478 e. The smallest absolute Gasteiger partial charge is 0.337 e. The van der Waals surface area contributed by atoms with Gasteiger partial charge in [-0.2, -0.15) is 0 Å². The third-order valence-electron chi connectivity index (χ3n) is 6.60. The highest BCUT2D eigenvalue weighted by Gasteiger charge is 2.23. The van der Waals surface area contributed by atoms with Crippen molar-refractivity contribution in [2.75, 3.05) is 29.9 Å². The van der Waals surface area contributed by atoms with Crippen LogP contribution in [0.25, 0.3) is 11.1 Å². The number of nitrogens with one attached hydrogen (secondary N) is 2. The summed E-state index contributed by atoms with van der Waals surface area (Å²) in [5.74, 6) is -0.953. The maximum Gasteiger partial charge on any atom is 0.337 e. The van der Waals surface area contributed by atoms with E-state index in [-0.39, 0.29) is 11.6 Å². The Balaban J connectivity index is 1.32. The van der Waals surface area contributed by atoms with Crippen LogP contribution in [0.4, 0.5) is 11.4 Å². The number of carboxylic acid groups (broad SMARTS) is 1. The van der Waals surface area contributed by atoms with Crippen molar-refractivity contribution in [2.45, 2.75) is 32.4 Å². The molecule has 6 nitrogen and oxygen atoms in total. The molecular weight excluding hydrogens is 400 g/mol. The van der Waals surface area contributed by atoms with Gasteiger partial charge in [-0.15, -0.1) is 0 Å². The summed E-state index contributed by atoms with van der Waals surface area (Å²) in [7, 11) is 0. The molecule has 2 aliphatic heterocycles. The van der Waals surface area contributed by atoms with Crippen molar-refractivity contribution in [3.63, 3.8) is 0 Å². The lowest BCUT2D eigenvalue weighted by atomic mass is 9.95. The quantitative estimate of drug-likeness (QED) is 0.532. The lowest BCUT2D eigenvalue weighted by Gasteiger charge is -2.19. The van der Waals surface area contributed by atoms with Gasteiger partial charge in [0.05, 0.1) is 23.5 Å². The molecule has 5 rings (SSSR count). The van der Waals surface area contributed by atoms with Gasteiger partial charge in [0.2, 0.25) is 0 Å². The van der Waals surface area contributed by atoms with E-state index in [9.17, 15) is 9.90 Å². The molecule has 2 aliphatic rings. The van der Waals surface area contributed by atoms with E-state index in [1.807, 2.05) is 0 Å². The Bertz CT molecular complexity index is 1150. The molecular formula is C26H28N4O2. The van der Waals surface area contributed by atoms with Gasteiger partial charge in [-0.1, -0.05) is 18.2 Å². The van der Waals surface area contributed by atoms with Crippen LogP contribution >= 0.6 is 0 Å². The zero-order chi connectivity index (χ0) is 22.1. The third kappa shape index (κ3) is 3.94. The fraction of sp³-hybridized carbons (Fsp3) is 0.308. The summed E-state index contributed by atoms with van der Waals surface area (Å²) < 4.78 is 0. The predicted molar refractivity (Wildman–Crippen MR) is 127 cm³/mol. The SMILES string of the molecule is Cc1cc(N2CCCC2)ccc1-c1ccc2c(c1)CN[C@@H]2CNc1cnccc1C(=O)O. The number of aromatic carboxylic acids is 1. The Morgan fingerprint density at radius 2 is 2.03 bits per heavy atom. The average molecular weight is 429 g/mol. The summed E-state index contributed by atoms with van der Waals surface area (Å²) in [6, 6.07) is 15.1. The number of hydrogen-bond donors (Lipinski definition) is 3. The fourth-order valence-electron chi connectivity index (χ4n) is 4.87. The number of aryl methyl sites for hydroxylation is 1. The van der Waals surface area contributed by atoms with Gasteiger partial charge in [-0.25, -0.2) is 4.79 Å². The minimum Gasteiger partial charge on any atom is -0.478 e. The highest BCUT2D eigenvalue weighted by molar-refractivity contribution is 5.93. The second-order valence-electron chi connectivity index (χ2n) is 8.65. The number of carbonyl (C=O) groups is 1. The van der Waals surface area contributed by atoms with Crippen LogP contribution in [0.15, 0.2) is 54.9 Å². The molecule has 32 heavy (non-hydrogen) atoms. The fourth-order valence-corrected chi connectivity index (χ4v) is 4.87. The maximum atomic E-state index is 11.4. The number of anilines is 2. The summed E-state index contributed by atoms with van der Waals surface area (Å²) in [5.41, 5.74) is 8.48. The number of nitrogens with zero attached hydrogens (tertiary/aromatic N) is 2. The molecule has 0 spiro atoms. The lowest BCUT2D eigenvalue weighted by Crippen LogP contribution is -2.22. The van der Waals surface area contributed by atoms with E-state index in [0.29, 0.717) is 12.2 Å². The molecule has 1 aromatic heterocycles. The first-order chi connectivity index (χ1) is 15.6. The van der Waals surface area contributed by atoms with E-state index in [0.717, 1.165) is 19.6 Å². The molecule has 0 unspecified atom stereocenters. The standard InChI is InChI=1S/C26H28N4O2/c1-17-12-20(30-10-2-3-11-30)5-7-21(17)18-4-6-22-19(13-18)14-28-25(22)16-29-24-15-27-9-8-23(24)26(31)32/h4-9,12-13,15,25,28-29H,2-3,10-11,14,16H2,1H3,(H,31,32)/t25-/m1/s1. The van der Waals surface area contributed by atoms with Crippen molar-refractivity contribution in [3.05, 3.63) is 77.1 Å². The zero-order valence-corrected chi connectivity index (χ0v) is 18.3. The highest BCUT2D eigenvalue weighted by atomic mass is 16.4. The minimum atomic E-state index is -0.953. The molecule has 3 aromatic rings. The minimum absolute atomic E-state index is 0.125. The van der Waals surface area contributed by atoms with Crippen molar-refractivity contribution < 1.29 is 9.90 Å². The Labute approximate surface area is 188 Å². The van der Waals surface area contributed by atoms with Crippen molar-refractivity contribution in [2.24, 2.45) is 0 Å². The molecule has 164 valence electrons. The van der Waals surface area contributed by atoms with Crippen LogP contribution < -0.4 is 15.5 Å². The van der Waals surface area contributed by atoms with Crippen LogP contribution in [0.3, 0.4) is 0 Å². The molecule has 0 aliphatic carbocycles. The van der Waals surface area contributed by atoms with Crippen molar-refractivity contribution >= 4 is 17.3 Å². The monoisotopic (exact) mass is 428 g/mol. The van der Waals surface area contributed by atoms with Crippen LogP contribution in [-0.2, 0) is 6.54 Å². The van der Waals surface area contributed by atoms with Crippen molar-refractivity contribution in [3.8, 4) is 11.1 Å². The molecule has 1 saturated heterocycles. The topological polar surface area (TPSA) is 77.5 Å². The molecule has 1 fully saturated rings. The van der Waals surface area contributed by atoms with Gasteiger partial charge in [0, 0.05) is 38.1 Å². The van der Waals surface area contributed by atoms with E-state index in [2.05, 4.69) is 63.8 Å². The molecule has 3 heterocycles. The van der Waals surface area contributed by atoms with Crippen molar-refractivity contribution in [1.82, 2.24) is 10.3 Å². The number of carboxylic acids is 1. The molecule has 0 amide bonds. The normalized spacial score (nSPS) is 17.4. The molecule has 1 atom stereocenters. The van der Waals surface area contributed by atoms with E-state index in [1.165, 1.54) is 58.6 Å². The van der Waals surface area contributed by atoms with Crippen molar-refractivity contribution in [1.29, 1.82) is 0 Å². The summed E-state index contributed by atoms with van der Waals surface area (Å²) in [6.45, 7) is 5.92. The summed E-state index contributed by atoms with van der Waals surface area (Å²) in [5, 5.41) is 16.2. The Morgan fingerprint density at radius 3 is 2.81 bits per heavy atom. The number of rotatable bonds is 6. The van der Waals surface area contributed by atoms with Crippen LogP contribution in [0.1, 0.15) is 45.9 Å². The number of hydrogen-bond acceptors (Lipinski definition) is 5. The number of aromatic nitrogens is 1. The molecule has 0 saturated carbocycles. The molecule has 2 aromatic carbocycles. The summed E-state index contributed by atoms with van der Waals surface area (Å²) >= 11 is 0. The Hall–Kier alpha value is -3.38. The van der Waals surface area contributed by atoms with E-state index in [1.54, 1.807) is 6.20 Å². The van der Waals surface area contributed by atoms with Gasteiger partial charge in [-0.3, -0.25) is 4.98 Å². The molecule has 0 bridgehead atoms. The third-order valence-corrected chi connectivity index (χ3v) is 6.60. The second kappa shape index (κ2) is 8.63. The van der Waals surface area contributed by atoms with Crippen LogP contribution in [0.5, 0.6) is 0 Å². The summed E-state index contributed by atoms with van der Waals surface area (Å²) in [4.78, 5) is 17.9. The lowest BCUT2D eigenvalue weighted by molar-refractivity contribution is 0.0697. The second-order valence-corrected chi connectivity index (χ2v) is 8.65. The maximum absolute atomic E-state index is 11.4. The Kier molecular flexibility index (Phi) is 5.53. The first-order valence-electron chi connectivity index (χ1n) is 11.2. The van der Waals surface area contributed by atoms with Gasteiger partial charge < -0.3 is 20.6 Å². The van der Waals surface area contributed by atoms with Gasteiger partial charge in [-0.05, 0) is 71.8 Å². The molecule has 0 radical (unpaired) electrons. The molecule has 3 N–H and O–H groups in total. The van der Waals surface area contributed by atoms with E-state index in [4.69, 9.17) is 0 Å². The van der Waals surface area contributed by atoms with Crippen LogP contribution in [0, 0.1) is 6.92 Å². The first kappa shape index (κ1) is 20.5.